The molecule has 2 aliphatic rings. The summed E-state index contributed by atoms with van der Waals surface area (Å²) in [6.45, 7) is 5.95. The van der Waals surface area contributed by atoms with E-state index in [1.165, 1.54) is 5.19 Å². The first-order chi connectivity index (χ1) is 21.4. The Balaban J connectivity index is 1.36. The lowest BCUT2D eigenvalue weighted by Crippen LogP contribution is -2.55. The summed E-state index contributed by atoms with van der Waals surface area (Å²) < 4.78 is 19.8. The summed E-state index contributed by atoms with van der Waals surface area (Å²) in [5.41, 5.74) is 2.86. The van der Waals surface area contributed by atoms with Gasteiger partial charge in [0.15, 0.2) is 0 Å². The minimum atomic E-state index is -2.41. The van der Waals surface area contributed by atoms with Gasteiger partial charge in [0.25, 0.3) is 5.91 Å². The predicted molar refractivity (Wildman–Crippen MR) is 174 cm³/mol. The van der Waals surface area contributed by atoms with Crippen LogP contribution in [0.5, 0.6) is 0 Å². The van der Waals surface area contributed by atoms with Crippen LogP contribution in [0.2, 0.25) is 18.6 Å². The van der Waals surface area contributed by atoms with Crippen molar-refractivity contribution in [2.45, 2.75) is 68.9 Å². The average Bonchev–Trinajstić information content (AvgIpc) is 3.50. The van der Waals surface area contributed by atoms with Gasteiger partial charge in [0.2, 0.25) is 0 Å². The highest BCUT2D eigenvalue weighted by Gasteiger charge is 2.65. The third kappa shape index (κ3) is 6.29. The maximum Gasteiger partial charge on any atom is 0.252 e. The highest BCUT2D eigenvalue weighted by molar-refractivity contribution is 6.91. The van der Waals surface area contributed by atoms with Crippen LogP contribution in [-0.4, -0.2) is 61.0 Å². The Bertz CT molecular complexity index is 1490. The van der Waals surface area contributed by atoms with Crippen molar-refractivity contribution in [2.75, 3.05) is 6.61 Å². The summed E-state index contributed by atoms with van der Waals surface area (Å²) in [7, 11) is -2.41. The summed E-state index contributed by atoms with van der Waals surface area (Å²) in [4.78, 5) is 16.0. The van der Waals surface area contributed by atoms with Crippen molar-refractivity contribution in [3.05, 3.63) is 138 Å². The maximum absolute atomic E-state index is 14.1. The molecule has 6 rings (SSSR count). The number of amides is 1. The highest BCUT2D eigenvalue weighted by Crippen LogP contribution is 2.48. The van der Waals surface area contributed by atoms with E-state index in [2.05, 4.69) is 25.2 Å². The number of benzene rings is 4. The van der Waals surface area contributed by atoms with E-state index in [0.717, 1.165) is 16.7 Å². The zero-order valence-electron chi connectivity index (χ0n) is 25.4. The number of fused-ring (bicyclic) bond motifs is 1. The molecule has 228 valence electrons. The van der Waals surface area contributed by atoms with E-state index in [1.54, 1.807) is 0 Å². The lowest BCUT2D eigenvalue weighted by Gasteiger charge is -2.37. The first-order valence-corrected chi connectivity index (χ1v) is 18.5. The molecular formula is C37H41NO5Si. The molecule has 1 amide bonds. The maximum atomic E-state index is 14.1. The van der Waals surface area contributed by atoms with Gasteiger partial charge in [0.1, 0.15) is 18.3 Å². The second-order valence-corrected chi connectivity index (χ2v) is 17.1. The average molecular weight is 608 g/mol. The molecule has 0 radical (unpaired) electrons. The molecular weight excluding hydrogens is 566 g/mol. The Morgan fingerprint density at radius 2 is 1.11 bits per heavy atom. The van der Waals surface area contributed by atoms with Crippen LogP contribution in [0.3, 0.4) is 0 Å². The summed E-state index contributed by atoms with van der Waals surface area (Å²) >= 11 is 0. The number of aliphatic hydroxyl groups excluding tert-OH is 1. The van der Waals surface area contributed by atoms with Crippen molar-refractivity contribution in [3.8, 4) is 0 Å². The van der Waals surface area contributed by atoms with Crippen molar-refractivity contribution in [2.24, 2.45) is 0 Å². The van der Waals surface area contributed by atoms with Gasteiger partial charge in [-0.1, -0.05) is 140 Å². The Hall–Kier alpha value is -3.59. The molecule has 0 aromatic heterocycles. The Morgan fingerprint density at radius 1 is 0.659 bits per heavy atom. The van der Waals surface area contributed by atoms with E-state index in [4.69, 9.17) is 14.2 Å². The molecule has 0 unspecified atom stereocenters. The number of nitrogens with zero attached hydrogens (tertiary/aromatic N) is 1. The van der Waals surface area contributed by atoms with Gasteiger partial charge >= 0.3 is 0 Å². The monoisotopic (exact) mass is 607 g/mol. The van der Waals surface area contributed by atoms with E-state index in [1.807, 2.05) is 114 Å². The highest BCUT2D eigenvalue weighted by atomic mass is 28.3. The summed E-state index contributed by atoms with van der Waals surface area (Å²) in [5, 5.41) is 12.9. The fourth-order valence-electron chi connectivity index (χ4n) is 6.99. The minimum absolute atomic E-state index is 0.260. The first-order valence-electron chi connectivity index (χ1n) is 15.4. The van der Waals surface area contributed by atoms with Crippen LogP contribution in [0.25, 0.3) is 0 Å². The van der Waals surface area contributed by atoms with Crippen LogP contribution in [-0.2, 0) is 38.8 Å². The van der Waals surface area contributed by atoms with Gasteiger partial charge in [-0.05, 0) is 16.7 Å². The van der Waals surface area contributed by atoms with Gasteiger partial charge in [-0.3, -0.25) is 4.79 Å². The zero-order valence-corrected chi connectivity index (χ0v) is 26.4. The molecule has 1 N–H and O–H groups in total. The summed E-state index contributed by atoms with van der Waals surface area (Å²) in [5.74, 6) is -0.260. The van der Waals surface area contributed by atoms with E-state index in [9.17, 15) is 9.90 Å². The van der Waals surface area contributed by atoms with Crippen LogP contribution in [0.1, 0.15) is 16.7 Å². The van der Waals surface area contributed by atoms with Gasteiger partial charge in [0.05, 0.1) is 46.6 Å². The quantitative estimate of drug-likeness (QED) is 0.221. The number of rotatable bonds is 12. The molecule has 0 saturated carbocycles. The third-order valence-electron chi connectivity index (χ3n) is 9.26. The number of carbonyl (C=O) groups excluding carboxylic acids is 1. The van der Waals surface area contributed by atoms with Crippen molar-refractivity contribution in [1.82, 2.24) is 4.90 Å². The fourth-order valence-corrected chi connectivity index (χ4v) is 10.6. The van der Waals surface area contributed by atoms with E-state index in [0.29, 0.717) is 19.8 Å². The molecule has 0 spiro atoms. The third-order valence-corrected chi connectivity index (χ3v) is 13.4. The van der Waals surface area contributed by atoms with Gasteiger partial charge in [0, 0.05) is 5.54 Å². The molecule has 44 heavy (non-hydrogen) atoms. The molecule has 2 fully saturated rings. The molecule has 4 aromatic carbocycles. The topological polar surface area (TPSA) is 68.2 Å². The summed E-state index contributed by atoms with van der Waals surface area (Å²) in [6, 6.07) is 39.7. The Labute approximate surface area is 261 Å². The molecule has 6 atom stereocenters. The van der Waals surface area contributed by atoms with Gasteiger partial charge in [-0.15, -0.1) is 0 Å². The molecule has 0 aliphatic carbocycles. The fraction of sp³-hybridized carbons (Fsp3) is 0.324. The number of carbonyl (C=O) groups is 1. The Kier molecular flexibility index (Phi) is 9.40. The number of hydrogen-bond donors (Lipinski definition) is 1. The van der Waals surface area contributed by atoms with Crippen molar-refractivity contribution >= 4 is 19.2 Å². The molecule has 2 aliphatic heterocycles. The molecule has 4 aromatic rings. The van der Waals surface area contributed by atoms with Crippen molar-refractivity contribution in [1.29, 1.82) is 0 Å². The van der Waals surface area contributed by atoms with Crippen molar-refractivity contribution < 1.29 is 24.1 Å². The minimum Gasteiger partial charge on any atom is -0.383 e. The molecule has 6 nitrogen and oxygen atoms in total. The van der Waals surface area contributed by atoms with Gasteiger partial charge < -0.3 is 24.2 Å². The van der Waals surface area contributed by atoms with Crippen LogP contribution < -0.4 is 5.19 Å². The SMILES string of the molecule is C[Si](C)(c1ccccc1)[C@H]1[C@@H]2[C@@H](OCc3ccccc3)[C@H](OCc3ccccc3)[C@@H](COCc3ccccc3)N2C(=O)[C@@H]1O. The van der Waals surface area contributed by atoms with Crippen molar-refractivity contribution in [3.63, 3.8) is 0 Å². The normalized spacial score (nSPS) is 24.9. The number of hydrogen-bond acceptors (Lipinski definition) is 5. The second kappa shape index (κ2) is 13.6. The lowest BCUT2D eigenvalue weighted by atomic mass is 10.0. The molecule has 2 saturated heterocycles. The van der Waals surface area contributed by atoms with E-state index in [-0.39, 0.29) is 24.1 Å². The number of ether oxygens (including phenoxy) is 3. The molecule has 2 heterocycles. The first kappa shape index (κ1) is 30.4. The molecule has 7 heteroatoms. The largest absolute Gasteiger partial charge is 0.383 e. The van der Waals surface area contributed by atoms with Crippen LogP contribution >= 0.6 is 0 Å². The summed E-state index contributed by atoms with van der Waals surface area (Å²) in [6.07, 6.45) is -2.01. The van der Waals surface area contributed by atoms with Gasteiger partial charge in [-0.2, -0.15) is 0 Å². The Morgan fingerprint density at radius 3 is 1.64 bits per heavy atom. The smallest absolute Gasteiger partial charge is 0.252 e. The second-order valence-electron chi connectivity index (χ2n) is 12.4. The van der Waals surface area contributed by atoms with E-state index < -0.39 is 32.4 Å². The van der Waals surface area contributed by atoms with Crippen LogP contribution in [0.4, 0.5) is 0 Å². The lowest BCUT2D eigenvalue weighted by molar-refractivity contribution is -0.140. The van der Waals surface area contributed by atoms with E-state index >= 15 is 0 Å². The van der Waals surface area contributed by atoms with Crippen LogP contribution in [0, 0.1) is 0 Å². The standard InChI is InChI=1S/C37H41NO5Si/c1-44(2,30-21-13-6-14-22-30)36-32-35(43-25-29-19-11-5-12-20-29)34(42-24-28-17-9-4-10-18-28)31(38(32)37(40)33(36)39)26-41-23-27-15-7-3-8-16-27/h3-22,31-36,39H,23-26H2,1-2H3/t31-,32+,33-,34-,35-,36+/m1/s1. The number of aliphatic hydroxyl groups is 1. The molecule has 0 bridgehead atoms. The predicted octanol–water partition coefficient (Wildman–Crippen LogP) is 5.31. The zero-order chi connectivity index (χ0) is 30.5. The van der Waals surface area contributed by atoms with Gasteiger partial charge in [-0.25, -0.2) is 0 Å². The van der Waals surface area contributed by atoms with Crippen LogP contribution in [0.15, 0.2) is 121 Å².